The maximum atomic E-state index is 14.0. The van der Waals surface area contributed by atoms with Crippen molar-refractivity contribution in [3.63, 3.8) is 0 Å². The van der Waals surface area contributed by atoms with Crippen molar-refractivity contribution < 1.29 is 19.0 Å². The second-order valence-electron chi connectivity index (χ2n) is 7.90. The molecule has 0 spiro atoms. The number of phenols is 1. The van der Waals surface area contributed by atoms with E-state index < -0.39 is 0 Å². The second-order valence-corrected chi connectivity index (χ2v) is 7.90. The molecule has 0 saturated carbocycles. The average Bonchev–Trinajstić information content (AvgIpc) is 2.82. The number of hydrogen-bond acceptors (Lipinski definition) is 7. The number of ether oxygens (including phenoxy) is 1. The van der Waals surface area contributed by atoms with E-state index >= 15 is 0 Å². The number of nitrogens with zero attached hydrogens (tertiary/aromatic N) is 4. The first-order valence-electron chi connectivity index (χ1n) is 11.6. The lowest BCUT2D eigenvalue weighted by molar-refractivity contribution is -0.129. The Labute approximate surface area is 207 Å². The van der Waals surface area contributed by atoms with Gasteiger partial charge in [0.15, 0.2) is 11.5 Å². The Morgan fingerprint density at radius 2 is 1.83 bits per heavy atom. The zero-order valence-corrected chi connectivity index (χ0v) is 22.0. The number of fused-ring (bicyclic) bond motifs is 1. The van der Waals surface area contributed by atoms with Gasteiger partial charge in [0, 0.05) is 25.5 Å². The van der Waals surface area contributed by atoms with Crippen molar-refractivity contribution in [1.29, 1.82) is 0 Å². The second kappa shape index (κ2) is 14.7. The first-order chi connectivity index (χ1) is 16.7. The van der Waals surface area contributed by atoms with Gasteiger partial charge in [0.05, 0.1) is 24.9 Å². The van der Waals surface area contributed by atoms with Crippen LogP contribution in [0.1, 0.15) is 32.8 Å². The van der Waals surface area contributed by atoms with Gasteiger partial charge in [-0.2, -0.15) is 0 Å². The molecule has 0 aliphatic rings. The molecule has 192 valence electrons. The Hall–Kier alpha value is -3.46. The zero-order valence-electron chi connectivity index (χ0n) is 22.0. The van der Waals surface area contributed by atoms with Crippen LogP contribution in [0.25, 0.3) is 10.9 Å². The Morgan fingerprint density at radius 3 is 2.40 bits per heavy atom. The molecule has 1 amide bonds. The van der Waals surface area contributed by atoms with Crippen LogP contribution < -0.4 is 10.1 Å². The Kier molecular flexibility index (Phi) is 12.4. The van der Waals surface area contributed by atoms with Crippen LogP contribution in [0.4, 0.5) is 15.9 Å². The van der Waals surface area contributed by atoms with Crippen molar-refractivity contribution in [1.82, 2.24) is 19.8 Å². The highest BCUT2D eigenvalue weighted by Gasteiger charge is 2.11. The molecule has 0 aliphatic carbocycles. The van der Waals surface area contributed by atoms with Crippen molar-refractivity contribution in [2.75, 3.05) is 46.7 Å². The van der Waals surface area contributed by atoms with Crippen LogP contribution >= 0.6 is 0 Å². The molecule has 3 rings (SSSR count). The van der Waals surface area contributed by atoms with E-state index in [2.05, 4.69) is 22.2 Å². The average molecular weight is 488 g/mol. The van der Waals surface area contributed by atoms with E-state index in [9.17, 15) is 14.3 Å². The number of anilines is 2. The van der Waals surface area contributed by atoms with Crippen molar-refractivity contribution in [2.24, 2.45) is 0 Å². The summed E-state index contributed by atoms with van der Waals surface area (Å²) in [5.41, 5.74) is 1.72. The maximum absolute atomic E-state index is 14.0. The lowest BCUT2D eigenvalue weighted by atomic mass is 10.2. The number of carbonyl (C=O) groups excluding carboxylic acids is 1. The van der Waals surface area contributed by atoms with Crippen molar-refractivity contribution in [3.05, 3.63) is 48.0 Å². The van der Waals surface area contributed by atoms with Gasteiger partial charge < -0.3 is 20.1 Å². The van der Waals surface area contributed by atoms with Crippen molar-refractivity contribution in [3.8, 4) is 11.5 Å². The summed E-state index contributed by atoms with van der Waals surface area (Å²) in [6.07, 6.45) is 2.46. The van der Waals surface area contributed by atoms with Gasteiger partial charge in [0.1, 0.15) is 18.0 Å². The van der Waals surface area contributed by atoms with Crippen LogP contribution in [-0.4, -0.2) is 72.1 Å². The number of nitrogens with one attached hydrogen (secondary N) is 1. The summed E-state index contributed by atoms with van der Waals surface area (Å²) in [5.74, 6) is 0.493. The number of halogens is 1. The monoisotopic (exact) mass is 487 g/mol. The predicted molar refractivity (Wildman–Crippen MR) is 140 cm³/mol. The molecule has 8 nitrogen and oxygen atoms in total. The Morgan fingerprint density at radius 1 is 1.14 bits per heavy atom. The Bertz CT molecular complexity index is 1090. The molecule has 2 N–H and O–H groups in total. The first-order valence-corrected chi connectivity index (χ1v) is 11.6. The molecule has 0 unspecified atom stereocenters. The lowest BCUT2D eigenvalue weighted by Gasteiger charge is -2.17. The molecule has 0 bridgehead atoms. The van der Waals surface area contributed by atoms with Gasteiger partial charge in [-0.3, -0.25) is 9.69 Å². The van der Waals surface area contributed by atoms with E-state index in [4.69, 9.17) is 4.74 Å². The lowest BCUT2D eigenvalue weighted by Crippen LogP contribution is -2.34. The number of aromatic nitrogens is 2. The third-order valence-corrected chi connectivity index (χ3v) is 4.82. The first kappa shape index (κ1) is 29.6. The topological polar surface area (TPSA) is 90.8 Å². The number of aromatic hydroxyl groups is 1. The summed E-state index contributed by atoms with van der Waals surface area (Å²) in [7, 11) is 6.98. The number of likely N-dealkylation sites (N-methyl/N-ethyl adjacent to an activating group) is 2. The number of amides is 1. The minimum atomic E-state index is -0.371. The molecule has 0 atom stereocenters. The van der Waals surface area contributed by atoms with Gasteiger partial charge in [-0.1, -0.05) is 26.8 Å². The van der Waals surface area contributed by atoms with E-state index in [1.165, 1.54) is 25.6 Å². The highest BCUT2D eigenvalue weighted by molar-refractivity contribution is 5.93. The van der Waals surface area contributed by atoms with Crippen LogP contribution in [0.5, 0.6) is 11.5 Å². The van der Waals surface area contributed by atoms with Crippen molar-refractivity contribution >= 4 is 28.3 Å². The van der Waals surface area contributed by atoms with Crippen molar-refractivity contribution in [2.45, 2.75) is 34.1 Å². The molecule has 2 aromatic carbocycles. The van der Waals surface area contributed by atoms with Gasteiger partial charge in [0.2, 0.25) is 5.91 Å². The molecule has 1 heterocycles. The molecule has 3 aromatic rings. The van der Waals surface area contributed by atoms with E-state index in [1.54, 1.807) is 37.2 Å². The van der Waals surface area contributed by atoms with Gasteiger partial charge >= 0.3 is 0 Å². The van der Waals surface area contributed by atoms with Crippen LogP contribution in [0, 0.1) is 12.7 Å². The standard InChI is InChI=1S/C16H14FN3O2.C8H18N2O.C2H6/c1-9-3-4-12(11(17)5-9)20-16-10-6-14(21)15(22-2)7-13(10)18-8-19-16;1-5-6-10(4)7-8(11)9(2)3;1-2/h3-8,21H,1-2H3,(H,18,19,20);5-7H2,1-4H3;1-2H3. The predicted octanol–water partition coefficient (Wildman–Crippen LogP) is 4.98. The fourth-order valence-electron chi connectivity index (χ4n) is 3.02. The number of benzene rings is 2. The quantitative estimate of drug-likeness (QED) is 0.486. The third-order valence-electron chi connectivity index (χ3n) is 4.82. The molecule has 1 aromatic heterocycles. The Balaban J connectivity index is 0.000000401. The van der Waals surface area contributed by atoms with E-state index in [1.807, 2.05) is 32.7 Å². The fraction of sp³-hybridized carbons (Fsp3) is 0.423. The van der Waals surface area contributed by atoms with Gasteiger partial charge in [0.25, 0.3) is 0 Å². The van der Waals surface area contributed by atoms with Crippen LogP contribution in [0.3, 0.4) is 0 Å². The summed E-state index contributed by atoms with van der Waals surface area (Å²) >= 11 is 0. The molecule has 35 heavy (non-hydrogen) atoms. The van der Waals surface area contributed by atoms with Crippen LogP contribution in [0.2, 0.25) is 0 Å². The maximum Gasteiger partial charge on any atom is 0.236 e. The number of rotatable bonds is 7. The van der Waals surface area contributed by atoms with Crippen LogP contribution in [0.15, 0.2) is 36.7 Å². The van der Waals surface area contributed by atoms with Gasteiger partial charge in [-0.25, -0.2) is 14.4 Å². The fourth-order valence-corrected chi connectivity index (χ4v) is 3.02. The molecular formula is C26H38FN5O3. The highest BCUT2D eigenvalue weighted by atomic mass is 19.1. The summed E-state index contributed by atoms with van der Waals surface area (Å²) in [5, 5.41) is 13.4. The minimum Gasteiger partial charge on any atom is -0.504 e. The molecule has 9 heteroatoms. The number of carbonyl (C=O) groups is 1. The normalized spacial score (nSPS) is 10.1. The highest BCUT2D eigenvalue weighted by Crippen LogP contribution is 2.33. The SMILES string of the molecule is CC.CCCN(C)CC(=O)N(C)C.COc1cc2ncnc(Nc3ccc(C)cc3F)c2cc1O. The smallest absolute Gasteiger partial charge is 0.236 e. The minimum absolute atomic E-state index is 0.0303. The summed E-state index contributed by atoms with van der Waals surface area (Å²) < 4.78 is 19.0. The summed E-state index contributed by atoms with van der Waals surface area (Å²) in [6.45, 7) is 9.44. The largest absolute Gasteiger partial charge is 0.504 e. The number of methoxy groups -OCH3 is 1. The van der Waals surface area contributed by atoms with E-state index in [-0.39, 0.29) is 17.5 Å². The molecule has 0 fully saturated rings. The molecule has 0 saturated heterocycles. The number of phenolic OH excluding ortho intramolecular Hbond substituents is 1. The number of aryl methyl sites for hydroxylation is 1. The van der Waals surface area contributed by atoms with E-state index in [0.29, 0.717) is 34.7 Å². The number of hydrogen-bond donors (Lipinski definition) is 2. The summed E-state index contributed by atoms with van der Waals surface area (Å²) in [4.78, 5) is 23.0. The van der Waals surface area contributed by atoms with Gasteiger partial charge in [-0.15, -0.1) is 0 Å². The molecular weight excluding hydrogens is 449 g/mol. The molecule has 0 radical (unpaired) electrons. The molecule has 0 aliphatic heterocycles. The zero-order chi connectivity index (χ0) is 26.5. The van der Waals surface area contributed by atoms with Gasteiger partial charge in [-0.05, 0) is 50.7 Å². The third kappa shape index (κ3) is 9.01. The van der Waals surface area contributed by atoms with E-state index in [0.717, 1.165) is 18.5 Å². The van der Waals surface area contributed by atoms with Crippen LogP contribution in [-0.2, 0) is 4.79 Å². The summed E-state index contributed by atoms with van der Waals surface area (Å²) in [6, 6.07) is 7.97.